The number of anilines is 1. The fourth-order valence-corrected chi connectivity index (χ4v) is 2.80. The van der Waals surface area contributed by atoms with E-state index in [9.17, 15) is 4.79 Å². The maximum absolute atomic E-state index is 12.5. The second kappa shape index (κ2) is 6.00. The fourth-order valence-electron chi connectivity index (χ4n) is 2.80. The average molecular weight is 281 g/mol. The predicted octanol–water partition coefficient (Wildman–Crippen LogP) is 3.55. The lowest BCUT2D eigenvalue weighted by atomic mass is 9.83. The zero-order valence-corrected chi connectivity index (χ0v) is 12.1. The fraction of sp³-hybridized carbons (Fsp3) is 0.278. The molecular weight excluding hydrogens is 262 g/mol. The minimum Gasteiger partial charge on any atom is -0.497 e. The van der Waals surface area contributed by atoms with Gasteiger partial charge in [0.2, 0.25) is 0 Å². The van der Waals surface area contributed by atoms with Gasteiger partial charge in [-0.25, -0.2) is 0 Å². The Morgan fingerprint density at radius 3 is 2.67 bits per heavy atom. The zero-order valence-electron chi connectivity index (χ0n) is 12.1. The third-order valence-corrected chi connectivity index (χ3v) is 4.06. The van der Waals surface area contributed by atoms with Crippen LogP contribution in [0.1, 0.15) is 22.3 Å². The summed E-state index contributed by atoms with van der Waals surface area (Å²) in [5.41, 5.74) is 3.09. The number of Topliss-reactive ketones (excluding diaryl/α,β-unsaturated/α-hetero) is 1. The van der Waals surface area contributed by atoms with E-state index in [1.165, 1.54) is 5.56 Å². The number of aryl methyl sites for hydroxylation is 1. The summed E-state index contributed by atoms with van der Waals surface area (Å²) in [5, 5.41) is 3.35. The lowest BCUT2D eigenvalue weighted by Gasteiger charge is -2.23. The molecule has 1 atom stereocenters. The van der Waals surface area contributed by atoms with Crippen molar-refractivity contribution in [3.05, 3.63) is 59.7 Å². The highest BCUT2D eigenvalue weighted by Gasteiger charge is 2.26. The van der Waals surface area contributed by atoms with Crippen LogP contribution in [0, 0.1) is 5.92 Å². The molecule has 1 aliphatic rings. The molecule has 0 saturated heterocycles. The Kier molecular flexibility index (Phi) is 3.91. The van der Waals surface area contributed by atoms with E-state index in [2.05, 4.69) is 11.4 Å². The molecule has 0 radical (unpaired) electrons. The standard InChI is InChI=1S/C18H19NO2/c1-21-16-10-8-15(9-11-16)19-12-14-7-6-13-4-2-3-5-17(13)18(14)20/h2-5,8-11,14,19H,6-7,12H2,1H3. The number of carbonyl (C=O) groups is 1. The third-order valence-electron chi connectivity index (χ3n) is 4.06. The van der Waals surface area contributed by atoms with Crippen LogP contribution in [0.4, 0.5) is 5.69 Å². The van der Waals surface area contributed by atoms with Gasteiger partial charge in [0.05, 0.1) is 7.11 Å². The Morgan fingerprint density at radius 2 is 1.90 bits per heavy atom. The summed E-state index contributed by atoms with van der Waals surface area (Å²) in [6, 6.07) is 15.7. The molecule has 0 aromatic heterocycles. The van der Waals surface area contributed by atoms with Crippen molar-refractivity contribution in [2.75, 3.05) is 19.0 Å². The highest BCUT2D eigenvalue weighted by atomic mass is 16.5. The van der Waals surface area contributed by atoms with Crippen molar-refractivity contribution in [1.82, 2.24) is 0 Å². The number of nitrogens with one attached hydrogen (secondary N) is 1. The van der Waals surface area contributed by atoms with Crippen molar-refractivity contribution in [2.45, 2.75) is 12.8 Å². The van der Waals surface area contributed by atoms with Crippen molar-refractivity contribution < 1.29 is 9.53 Å². The van der Waals surface area contributed by atoms with Gasteiger partial charge in [0, 0.05) is 23.7 Å². The molecule has 21 heavy (non-hydrogen) atoms. The first-order valence-electron chi connectivity index (χ1n) is 7.28. The number of carbonyl (C=O) groups excluding carboxylic acids is 1. The molecule has 1 unspecified atom stereocenters. The van der Waals surface area contributed by atoms with Crippen molar-refractivity contribution in [3.63, 3.8) is 0 Å². The molecule has 0 heterocycles. The van der Waals surface area contributed by atoms with E-state index in [0.29, 0.717) is 6.54 Å². The van der Waals surface area contributed by atoms with E-state index in [4.69, 9.17) is 4.74 Å². The first-order chi connectivity index (χ1) is 10.3. The van der Waals surface area contributed by atoms with Crippen LogP contribution in [-0.4, -0.2) is 19.4 Å². The molecule has 108 valence electrons. The summed E-state index contributed by atoms with van der Waals surface area (Å²) in [5.74, 6) is 1.16. The van der Waals surface area contributed by atoms with Crippen LogP contribution < -0.4 is 10.1 Å². The lowest BCUT2D eigenvalue weighted by molar-refractivity contribution is 0.0910. The van der Waals surface area contributed by atoms with Crippen LogP contribution >= 0.6 is 0 Å². The van der Waals surface area contributed by atoms with Crippen LogP contribution in [0.2, 0.25) is 0 Å². The Hall–Kier alpha value is -2.29. The summed E-state index contributed by atoms with van der Waals surface area (Å²) in [6.07, 6.45) is 1.90. The van der Waals surface area contributed by atoms with Crippen molar-refractivity contribution in [2.24, 2.45) is 5.92 Å². The molecule has 1 N–H and O–H groups in total. The van der Waals surface area contributed by atoms with E-state index in [0.717, 1.165) is 29.8 Å². The normalized spacial score (nSPS) is 17.2. The predicted molar refractivity (Wildman–Crippen MR) is 84.1 cm³/mol. The average Bonchev–Trinajstić information content (AvgIpc) is 2.55. The van der Waals surface area contributed by atoms with E-state index < -0.39 is 0 Å². The molecule has 0 amide bonds. The zero-order chi connectivity index (χ0) is 14.7. The maximum Gasteiger partial charge on any atom is 0.167 e. The molecule has 3 nitrogen and oxygen atoms in total. The SMILES string of the molecule is COc1ccc(NCC2CCc3ccccc3C2=O)cc1. The quantitative estimate of drug-likeness (QED) is 0.931. The van der Waals surface area contributed by atoms with Gasteiger partial charge >= 0.3 is 0 Å². The van der Waals surface area contributed by atoms with E-state index in [-0.39, 0.29) is 11.7 Å². The highest BCUT2D eigenvalue weighted by molar-refractivity contribution is 6.00. The summed E-state index contributed by atoms with van der Waals surface area (Å²) in [6.45, 7) is 0.680. The highest BCUT2D eigenvalue weighted by Crippen LogP contribution is 2.26. The Morgan fingerprint density at radius 1 is 1.14 bits per heavy atom. The molecule has 0 saturated carbocycles. The number of ether oxygens (including phenoxy) is 1. The largest absolute Gasteiger partial charge is 0.497 e. The van der Waals surface area contributed by atoms with E-state index in [1.54, 1.807) is 7.11 Å². The lowest BCUT2D eigenvalue weighted by Crippen LogP contribution is -2.28. The number of benzene rings is 2. The Balaban J connectivity index is 1.65. The first-order valence-corrected chi connectivity index (χ1v) is 7.28. The summed E-state index contributed by atoms with van der Waals surface area (Å²) < 4.78 is 5.14. The monoisotopic (exact) mass is 281 g/mol. The number of ketones is 1. The third kappa shape index (κ3) is 2.92. The van der Waals surface area contributed by atoms with Gasteiger partial charge in [0.25, 0.3) is 0 Å². The minimum atomic E-state index is 0.0574. The maximum atomic E-state index is 12.5. The molecule has 0 fully saturated rings. The second-order valence-corrected chi connectivity index (χ2v) is 5.37. The van der Waals surface area contributed by atoms with Gasteiger partial charge in [0.1, 0.15) is 5.75 Å². The molecule has 0 aliphatic heterocycles. The summed E-state index contributed by atoms with van der Waals surface area (Å²) >= 11 is 0. The molecule has 1 aliphatic carbocycles. The second-order valence-electron chi connectivity index (χ2n) is 5.37. The number of hydrogen-bond acceptors (Lipinski definition) is 3. The van der Waals surface area contributed by atoms with Crippen LogP contribution in [0.15, 0.2) is 48.5 Å². The van der Waals surface area contributed by atoms with Gasteiger partial charge in [-0.15, -0.1) is 0 Å². The van der Waals surface area contributed by atoms with E-state index in [1.807, 2.05) is 42.5 Å². The number of hydrogen-bond donors (Lipinski definition) is 1. The van der Waals surface area contributed by atoms with E-state index >= 15 is 0 Å². The molecule has 2 aromatic rings. The van der Waals surface area contributed by atoms with Crippen LogP contribution in [0.5, 0.6) is 5.75 Å². The van der Waals surface area contributed by atoms with Crippen molar-refractivity contribution in [3.8, 4) is 5.75 Å². The van der Waals surface area contributed by atoms with Crippen molar-refractivity contribution >= 4 is 11.5 Å². The molecule has 0 spiro atoms. The molecule has 0 bridgehead atoms. The smallest absolute Gasteiger partial charge is 0.167 e. The summed E-state index contributed by atoms with van der Waals surface area (Å²) in [4.78, 5) is 12.5. The Bertz CT molecular complexity index is 634. The minimum absolute atomic E-state index is 0.0574. The topological polar surface area (TPSA) is 38.3 Å². The van der Waals surface area contributed by atoms with Crippen LogP contribution in [0.3, 0.4) is 0 Å². The van der Waals surface area contributed by atoms with Gasteiger partial charge in [-0.1, -0.05) is 24.3 Å². The van der Waals surface area contributed by atoms with Gasteiger partial charge in [-0.05, 0) is 42.7 Å². The molecule has 3 rings (SSSR count). The van der Waals surface area contributed by atoms with Crippen LogP contribution in [-0.2, 0) is 6.42 Å². The van der Waals surface area contributed by atoms with Gasteiger partial charge in [-0.3, -0.25) is 4.79 Å². The van der Waals surface area contributed by atoms with Gasteiger partial charge < -0.3 is 10.1 Å². The number of fused-ring (bicyclic) bond motifs is 1. The molecule has 2 aromatic carbocycles. The molecule has 3 heteroatoms. The molecular formula is C18H19NO2. The van der Waals surface area contributed by atoms with Gasteiger partial charge in [0.15, 0.2) is 5.78 Å². The Labute approximate surface area is 124 Å². The van der Waals surface area contributed by atoms with Crippen LogP contribution in [0.25, 0.3) is 0 Å². The van der Waals surface area contributed by atoms with Gasteiger partial charge in [-0.2, -0.15) is 0 Å². The number of methoxy groups -OCH3 is 1. The first kappa shape index (κ1) is 13.7. The van der Waals surface area contributed by atoms with Crippen molar-refractivity contribution in [1.29, 1.82) is 0 Å². The number of rotatable bonds is 4. The summed E-state index contributed by atoms with van der Waals surface area (Å²) in [7, 11) is 1.65.